The smallest absolute Gasteiger partial charge is 0.137 e. The van der Waals surface area contributed by atoms with E-state index in [0.717, 1.165) is 44.3 Å². The van der Waals surface area contributed by atoms with Crippen molar-refractivity contribution in [1.82, 2.24) is 4.90 Å². The van der Waals surface area contributed by atoms with Gasteiger partial charge in [-0.2, -0.15) is 0 Å². The second-order valence-electron chi connectivity index (χ2n) is 6.41. The van der Waals surface area contributed by atoms with Gasteiger partial charge in [-0.25, -0.2) is 4.39 Å². The summed E-state index contributed by atoms with van der Waals surface area (Å²) in [6.45, 7) is 1.82. The number of hydrogen-bond acceptors (Lipinski definition) is 2. The molecule has 1 saturated carbocycles. The number of likely N-dealkylation sites (tertiary alicyclic amines) is 1. The van der Waals surface area contributed by atoms with E-state index in [1.165, 1.54) is 18.9 Å². The summed E-state index contributed by atoms with van der Waals surface area (Å²) in [5.74, 6) is 0.203. The Labute approximate surface area is 134 Å². The number of aliphatic hydroxyl groups is 1. The molecule has 0 bridgehead atoms. The van der Waals surface area contributed by atoms with Gasteiger partial charge in [0.2, 0.25) is 0 Å². The van der Waals surface area contributed by atoms with E-state index in [0.29, 0.717) is 16.4 Å². The number of benzene rings is 1. The van der Waals surface area contributed by atoms with Gasteiger partial charge in [-0.15, -0.1) is 0 Å². The first kappa shape index (κ1) is 15.4. The molecule has 3 unspecified atom stereocenters. The number of rotatable bonds is 3. The number of nitrogens with zero attached hydrogens (tertiary/aromatic N) is 1. The zero-order chi connectivity index (χ0) is 14.8. The van der Waals surface area contributed by atoms with Gasteiger partial charge in [0.1, 0.15) is 5.82 Å². The maximum Gasteiger partial charge on any atom is 0.137 e. The van der Waals surface area contributed by atoms with E-state index in [9.17, 15) is 9.50 Å². The van der Waals surface area contributed by atoms with Gasteiger partial charge in [0.15, 0.2) is 0 Å². The summed E-state index contributed by atoms with van der Waals surface area (Å²) in [6, 6.07) is 5.70. The predicted molar refractivity (Wildman–Crippen MR) is 85.5 cm³/mol. The Bertz CT molecular complexity index is 496. The zero-order valence-electron chi connectivity index (χ0n) is 12.3. The van der Waals surface area contributed by atoms with E-state index < -0.39 is 0 Å². The fourth-order valence-electron chi connectivity index (χ4n) is 4.01. The molecular weight excluding hydrogens is 333 g/mol. The Morgan fingerprint density at radius 3 is 2.81 bits per heavy atom. The molecule has 1 aromatic rings. The topological polar surface area (TPSA) is 23.5 Å². The van der Waals surface area contributed by atoms with Gasteiger partial charge in [-0.3, -0.25) is 4.90 Å². The molecule has 3 atom stereocenters. The lowest BCUT2D eigenvalue weighted by molar-refractivity contribution is 0.0201. The summed E-state index contributed by atoms with van der Waals surface area (Å²) in [5.41, 5.74) is 1.01. The van der Waals surface area contributed by atoms with Crippen LogP contribution in [0.5, 0.6) is 0 Å². The van der Waals surface area contributed by atoms with Gasteiger partial charge in [0.25, 0.3) is 0 Å². The highest BCUT2D eigenvalue weighted by atomic mass is 79.9. The highest BCUT2D eigenvalue weighted by molar-refractivity contribution is 9.10. The highest BCUT2D eigenvalue weighted by Crippen LogP contribution is 2.36. The zero-order valence-corrected chi connectivity index (χ0v) is 13.9. The molecule has 1 aliphatic carbocycles. The molecule has 21 heavy (non-hydrogen) atoms. The van der Waals surface area contributed by atoms with Gasteiger partial charge in [0.05, 0.1) is 10.6 Å². The molecule has 0 radical (unpaired) electrons. The first-order valence-electron chi connectivity index (χ1n) is 8.02. The number of hydrogen-bond donors (Lipinski definition) is 1. The lowest BCUT2D eigenvalue weighted by Gasteiger charge is -2.37. The Balaban J connectivity index is 1.73. The average Bonchev–Trinajstić information content (AvgIpc) is 2.92. The quantitative estimate of drug-likeness (QED) is 0.881. The first-order chi connectivity index (χ1) is 10.2. The molecule has 3 rings (SSSR count). The Morgan fingerprint density at radius 1 is 1.19 bits per heavy atom. The van der Waals surface area contributed by atoms with E-state index in [2.05, 4.69) is 20.8 Å². The Morgan fingerprint density at radius 2 is 2.00 bits per heavy atom. The molecule has 116 valence electrons. The van der Waals surface area contributed by atoms with E-state index >= 15 is 0 Å². The van der Waals surface area contributed by atoms with Crippen LogP contribution in [0.4, 0.5) is 4.39 Å². The maximum absolute atomic E-state index is 13.7. The minimum atomic E-state index is -0.194. The van der Waals surface area contributed by atoms with Crippen LogP contribution in [0.2, 0.25) is 0 Å². The molecule has 1 aliphatic heterocycles. The van der Waals surface area contributed by atoms with Crippen molar-refractivity contribution < 1.29 is 9.50 Å². The molecule has 2 nitrogen and oxygen atoms in total. The third-order valence-electron chi connectivity index (χ3n) is 5.10. The van der Waals surface area contributed by atoms with Gasteiger partial charge >= 0.3 is 0 Å². The third kappa shape index (κ3) is 3.33. The minimum Gasteiger partial charge on any atom is -0.393 e. The number of halogens is 2. The molecule has 2 aliphatic rings. The maximum atomic E-state index is 13.7. The van der Waals surface area contributed by atoms with Crippen LogP contribution in [0.25, 0.3) is 0 Å². The molecule has 2 fully saturated rings. The van der Waals surface area contributed by atoms with Crippen molar-refractivity contribution >= 4 is 15.9 Å². The molecule has 4 heteroatoms. The molecule has 1 heterocycles. The summed E-state index contributed by atoms with van der Waals surface area (Å²) in [4.78, 5) is 2.44. The van der Waals surface area contributed by atoms with E-state index in [1.807, 2.05) is 6.07 Å². The lowest BCUT2D eigenvalue weighted by atomic mass is 9.80. The largest absolute Gasteiger partial charge is 0.393 e. The van der Waals surface area contributed by atoms with Gasteiger partial charge < -0.3 is 5.11 Å². The predicted octanol–water partition coefficient (Wildman–Crippen LogP) is 4.10. The highest BCUT2D eigenvalue weighted by Gasteiger charge is 2.36. The molecule has 1 N–H and O–H groups in total. The second kappa shape index (κ2) is 6.76. The van der Waals surface area contributed by atoms with Crippen LogP contribution in [0, 0.1) is 11.7 Å². The van der Waals surface area contributed by atoms with Crippen LogP contribution in [0.3, 0.4) is 0 Å². The lowest BCUT2D eigenvalue weighted by Crippen LogP contribution is -2.42. The van der Waals surface area contributed by atoms with Crippen molar-refractivity contribution in [1.29, 1.82) is 0 Å². The van der Waals surface area contributed by atoms with E-state index in [1.54, 1.807) is 6.07 Å². The standard InChI is InChI=1S/C17H23BrFNO/c18-17-12(5-3-7-14(17)19)11-20-10-4-8-15(20)13-6-1-2-9-16(13)21/h3,5,7,13,15-16,21H,1-2,4,6,8-11H2. The molecular formula is C17H23BrFNO. The SMILES string of the molecule is OC1CCCCC1C1CCCN1Cc1cccc(F)c1Br. The van der Waals surface area contributed by atoms with Crippen molar-refractivity contribution in [3.05, 3.63) is 34.1 Å². The summed E-state index contributed by atoms with van der Waals surface area (Å²) < 4.78 is 14.2. The number of aliphatic hydroxyl groups excluding tert-OH is 1. The molecule has 0 spiro atoms. The van der Waals surface area contributed by atoms with Gasteiger partial charge in [-0.05, 0) is 59.8 Å². The minimum absolute atomic E-state index is 0.152. The van der Waals surface area contributed by atoms with Crippen molar-refractivity contribution in [2.75, 3.05) is 6.54 Å². The molecule has 1 aromatic carbocycles. The van der Waals surface area contributed by atoms with Gasteiger partial charge in [-0.1, -0.05) is 25.0 Å². The summed E-state index contributed by atoms with van der Waals surface area (Å²) in [5, 5.41) is 10.3. The second-order valence-corrected chi connectivity index (χ2v) is 7.20. The van der Waals surface area contributed by atoms with Crippen molar-refractivity contribution in [3.63, 3.8) is 0 Å². The third-order valence-corrected chi connectivity index (χ3v) is 5.98. The van der Waals surface area contributed by atoms with Crippen LogP contribution < -0.4 is 0 Å². The Kier molecular flexibility index (Phi) is 4.97. The van der Waals surface area contributed by atoms with Crippen molar-refractivity contribution in [2.45, 2.75) is 57.2 Å². The van der Waals surface area contributed by atoms with Gasteiger partial charge in [0, 0.05) is 18.5 Å². The Hall–Kier alpha value is -0.450. The summed E-state index contributed by atoms with van der Waals surface area (Å²) in [7, 11) is 0. The summed E-state index contributed by atoms with van der Waals surface area (Å²) in [6.07, 6.45) is 6.65. The first-order valence-corrected chi connectivity index (χ1v) is 8.81. The molecule has 1 saturated heterocycles. The fraction of sp³-hybridized carbons (Fsp3) is 0.647. The monoisotopic (exact) mass is 355 g/mol. The van der Waals surface area contributed by atoms with Crippen LogP contribution in [-0.4, -0.2) is 28.7 Å². The van der Waals surface area contributed by atoms with Crippen LogP contribution >= 0.6 is 15.9 Å². The van der Waals surface area contributed by atoms with Crippen LogP contribution in [0.15, 0.2) is 22.7 Å². The normalized spacial score (nSPS) is 30.7. The molecule has 0 aromatic heterocycles. The van der Waals surface area contributed by atoms with E-state index in [4.69, 9.17) is 0 Å². The van der Waals surface area contributed by atoms with E-state index in [-0.39, 0.29) is 11.9 Å². The summed E-state index contributed by atoms with van der Waals surface area (Å²) >= 11 is 3.36. The molecule has 0 amide bonds. The average molecular weight is 356 g/mol. The van der Waals surface area contributed by atoms with Crippen molar-refractivity contribution in [3.8, 4) is 0 Å². The van der Waals surface area contributed by atoms with Crippen LogP contribution in [0.1, 0.15) is 44.1 Å². The van der Waals surface area contributed by atoms with Crippen LogP contribution in [-0.2, 0) is 6.54 Å². The van der Waals surface area contributed by atoms with Crippen molar-refractivity contribution in [2.24, 2.45) is 5.92 Å². The fourth-order valence-corrected chi connectivity index (χ4v) is 4.40.